The van der Waals surface area contributed by atoms with E-state index < -0.39 is 0 Å². The van der Waals surface area contributed by atoms with Crippen molar-refractivity contribution in [1.29, 1.82) is 5.53 Å². The van der Waals surface area contributed by atoms with Gasteiger partial charge in [-0.1, -0.05) is 48.5 Å². The second-order valence-electron chi connectivity index (χ2n) is 3.85. The SMILES string of the molecule is O=C1c2ccccc2C(=O)c2ccccc21.[N-]=[N+]=N. The molecular weight excluding hydrogens is 242 g/mol. The largest absolute Gasteiger partial charge is 0.289 e. The van der Waals surface area contributed by atoms with Crippen molar-refractivity contribution in [3.05, 3.63) is 81.2 Å². The first-order valence-corrected chi connectivity index (χ1v) is 5.49. The van der Waals surface area contributed by atoms with Crippen molar-refractivity contribution >= 4 is 11.6 Å². The first-order chi connectivity index (χ1) is 9.20. The van der Waals surface area contributed by atoms with Crippen LogP contribution < -0.4 is 0 Å². The molecule has 0 saturated carbocycles. The van der Waals surface area contributed by atoms with Crippen LogP contribution in [0.4, 0.5) is 0 Å². The molecular formula is C14H9N3O2. The molecule has 2 aromatic carbocycles. The van der Waals surface area contributed by atoms with Crippen molar-refractivity contribution in [2.24, 2.45) is 0 Å². The van der Waals surface area contributed by atoms with E-state index in [2.05, 4.69) is 0 Å². The third-order valence-electron chi connectivity index (χ3n) is 2.83. The number of fused-ring (bicyclic) bond motifs is 2. The summed E-state index contributed by atoms with van der Waals surface area (Å²) < 4.78 is 0. The van der Waals surface area contributed by atoms with Gasteiger partial charge in [-0.2, -0.15) is 0 Å². The molecule has 0 amide bonds. The molecule has 0 aliphatic heterocycles. The number of nitrogens with one attached hydrogen (secondary N) is 1. The Morgan fingerprint density at radius 1 is 0.737 bits per heavy atom. The highest BCUT2D eigenvalue weighted by atomic mass is 16.1. The highest BCUT2D eigenvalue weighted by Crippen LogP contribution is 2.26. The van der Waals surface area contributed by atoms with Crippen LogP contribution in [0.5, 0.6) is 0 Å². The van der Waals surface area contributed by atoms with E-state index in [0.29, 0.717) is 22.3 Å². The van der Waals surface area contributed by atoms with Gasteiger partial charge in [-0.3, -0.25) is 9.59 Å². The highest BCUT2D eigenvalue weighted by Gasteiger charge is 2.28. The molecule has 1 aliphatic carbocycles. The Hall–Kier alpha value is -2.91. The van der Waals surface area contributed by atoms with Gasteiger partial charge >= 0.3 is 0 Å². The summed E-state index contributed by atoms with van der Waals surface area (Å²) in [7, 11) is 0. The van der Waals surface area contributed by atoms with Gasteiger partial charge in [0.15, 0.2) is 11.6 Å². The fourth-order valence-corrected chi connectivity index (χ4v) is 2.05. The zero-order chi connectivity index (χ0) is 13.8. The molecule has 5 nitrogen and oxygen atoms in total. The van der Waals surface area contributed by atoms with Crippen LogP contribution in [0, 0.1) is 5.53 Å². The van der Waals surface area contributed by atoms with Crippen LogP contribution in [-0.4, -0.2) is 11.6 Å². The van der Waals surface area contributed by atoms with Crippen molar-refractivity contribution in [3.63, 3.8) is 0 Å². The summed E-state index contributed by atoms with van der Waals surface area (Å²) in [5, 5.41) is 0. The van der Waals surface area contributed by atoms with Crippen LogP contribution in [0.15, 0.2) is 48.5 Å². The lowest BCUT2D eigenvalue weighted by Gasteiger charge is -2.16. The maximum Gasteiger partial charge on any atom is 0.194 e. The predicted octanol–water partition coefficient (Wildman–Crippen LogP) is 3.34. The zero-order valence-corrected chi connectivity index (χ0v) is 9.83. The van der Waals surface area contributed by atoms with Gasteiger partial charge in [0.25, 0.3) is 0 Å². The highest BCUT2D eigenvalue weighted by molar-refractivity contribution is 6.28. The summed E-state index contributed by atoms with van der Waals surface area (Å²) in [4.78, 5) is 26.0. The second kappa shape index (κ2) is 5.16. The maximum atomic E-state index is 12.1. The fraction of sp³-hybridized carbons (Fsp3) is 0. The lowest BCUT2D eigenvalue weighted by Crippen LogP contribution is -2.20. The third kappa shape index (κ3) is 2.10. The molecule has 0 aromatic heterocycles. The number of carbonyl (C=O) groups excluding carboxylic acids is 2. The normalized spacial score (nSPS) is 11.6. The molecule has 3 rings (SSSR count). The van der Waals surface area contributed by atoms with Gasteiger partial charge in [-0.05, 0) is 10.4 Å². The quantitative estimate of drug-likeness (QED) is 0.377. The fourth-order valence-electron chi connectivity index (χ4n) is 2.05. The molecule has 0 spiro atoms. The van der Waals surface area contributed by atoms with E-state index in [1.54, 1.807) is 53.4 Å². The lowest BCUT2D eigenvalue weighted by molar-refractivity contribution is 0.0979. The first-order valence-electron chi connectivity index (χ1n) is 5.49. The van der Waals surface area contributed by atoms with E-state index >= 15 is 0 Å². The minimum atomic E-state index is -0.0641. The summed E-state index contributed by atoms with van der Waals surface area (Å²) >= 11 is 0. The van der Waals surface area contributed by atoms with Crippen LogP contribution in [-0.2, 0) is 0 Å². The molecule has 1 N–H and O–H groups in total. The van der Waals surface area contributed by atoms with Gasteiger partial charge in [0.1, 0.15) is 0 Å². The van der Waals surface area contributed by atoms with Crippen molar-refractivity contribution in [1.82, 2.24) is 0 Å². The molecule has 1 aliphatic rings. The van der Waals surface area contributed by atoms with E-state index in [0.717, 1.165) is 0 Å². The van der Waals surface area contributed by atoms with Gasteiger partial charge in [0, 0.05) is 22.3 Å². The van der Waals surface area contributed by atoms with Crippen LogP contribution in [0.1, 0.15) is 31.8 Å². The minimum absolute atomic E-state index is 0.0641. The Morgan fingerprint density at radius 3 is 1.16 bits per heavy atom. The molecule has 0 bridgehead atoms. The van der Waals surface area contributed by atoms with Crippen molar-refractivity contribution in [2.75, 3.05) is 0 Å². The molecule has 19 heavy (non-hydrogen) atoms. The molecule has 0 saturated heterocycles. The Labute approximate surface area is 108 Å². The number of ketones is 2. The smallest absolute Gasteiger partial charge is 0.194 e. The number of hydrogen-bond acceptors (Lipinski definition) is 3. The van der Waals surface area contributed by atoms with Crippen LogP contribution >= 0.6 is 0 Å². The summed E-state index contributed by atoms with van der Waals surface area (Å²) in [5.74, 6) is -0.128. The second-order valence-corrected chi connectivity index (χ2v) is 3.85. The van der Waals surface area contributed by atoms with Gasteiger partial charge < -0.3 is 0 Å². The van der Waals surface area contributed by atoms with E-state index in [9.17, 15) is 9.59 Å². The van der Waals surface area contributed by atoms with E-state index in [1.807, 2.05) is 0 Å². The van der Waals surface area contributed by atoms with Crippen molar-refractivity contribution in [2.45, 2.75) is 0 Å². The molecule has 0 unspecified atom stereocenters. The average Bonchev–Trinajstić information content (AvgIpc) is 2.46. The molecule has 92 valence electrons. The van der Waals surface area contributed by atoms with E-state index in [4.69, 9.17) is 11.1 Å². The van der Waals surface area contributed by atoms with Crippen molar-refractivity contribution in [3.8, 4) is 0 Å². The van der Waals surface area contributed by atoms with Gasteiger partial charge in [-0.25, -0.2) is 0 Å². The van der Waals surface area contributed by atoms with Crippen molar-refractivity contribution < 1.29 is 9.59 Å². The first kappa shape index (κ1) is 12.5. The number of rotatable bonds is 0. The van der Waals surface area contributed by atoms with Gasteiger partial charge in [0.05, 0.1) is 0 Å². The molecule has 0 fully saturated rings. The summed E-state index contributed by atoms with van der Waals surface area (Å²) in [6, 6.07) is 13.9. The maximum absolute atomic E-state index is 12.1. The van der Waals surface area contributed by atoms with Crippen LogP contribution in [0.2, 0.25) is 0 Å². The number of hydrogen-bond donors (Lipinski definition) is 1. The van der Waals surface area contributed by atoms with Crippen LogP contribution in [0.25, 0.3) is 10.4 Å². The number of nitrogens with zero attached hydrogens (tertiary/aromatic N) is 2. The third-order valence-corrected chi connectivity index (χ3v) is 2.83. The monoisotopic (exact) mass is 251 g/mol. The molecule has 2 aromatic rings. The Kier molecular flexibility index (Phi) is 3.41. The summed E-state index contributed by atoms with van der Waals surface area (Å²) in [6.45, 7) is 0. The number of carbonyl (C=O) groups is 2. The number of benzene rings is 2. The Balaban J connectivity index is 0.000000408. The average molecular weight is 251 g/mol. The zero-order valence-electron chi connectivity index (χ0n) is 9.83. The Morgan fingerprint density at radius 2 is 0.947 bits per heavy atom. The Bertz CT molecular complexity index is 596. The molecule has 5 heteroatoms. The van der Waals surface area contributed by atoms with Crippen LogP contribution in [0.3, 0.4) is 0 Å². The molecule has 0 atom stereocenters. The van der Waals surface area contributed by atoms with E-state index in [1.165, 1.54) is 0 Å². The summed E-state index contributed by atoms with van der Waals surface area (Å²) in [6.07, 6.45) is 0. The van der Waals surface area contributed by atoms with Gasteiger partial charge in [-0.15, -0.1) is 5.53 Å². The lowest BCUT2D eigenvalue weighted by atomic mass is 9.84. The topological polar surface area (TPSA) is 94.4 Å². The van der Waals surface area contributed by atoms with Gasteiger partial charge in [0.2, 0.25) is 0 Å². The molecule has 0 radical (unpaired) electrons. The predicted molar refractivity (Wildman–Crippen MR) is 69.2 cm³/mol. The van der Waals surface area contributed by atoms with E-state index in [-0.39, 0.29) is 11.6 Å². The molecule has 0 heterocycles. The summed E-state index contributed by atoms with van der Waals surface area (Å²) in [5.41, 5.74) is 14.3. The minimum Gasteiger partial charge on any atom is -0.289 e. The standard InChI is InChI=1S/C14H8O2.HN3/c15-13-9-5-1-2-6-10(9)14(16)12-8-4-3-7-11(12)13;1-3-2/h1-8H;1H.